The Kier molecular flexibility index (Phi) is 5.76. The van der Waals surface area contributed by atoms with Crippen molar-refractivity contribution >= 4 is 5.91 Å². The minimum Gasteiger partial charge on any atom is -0.388 e. The number of hydrogen-bond donors (Lipinski definition) is 1. The van der Waals surface area contributed by atoms with Crippen molar-refractivity contribution in [2.45, 2.75) is 20.0 Å². The number of aromatic nitrogens is 2. The van der Waals surface area contributed by atoms with Crippen LogP contribution in [0.1, 0.15) is 11.1 Å². The van der Waals surface area contributed by atoms with Crippen LogP contribution in [0.3, 0.4) is 0 Å². The van der Waals surface area contributed by atoms with Gasteiger partial charge in [0.25, 0.3) is 0 Å². The number of amides is 1. The van der Waals surface area contributed by atoms with E-state index >= 15 is 0 Å². The molecule has 1 N–H and O–H groups in total. The summed E-state index contributed by atoms with van der Waals surface area (Å²) in [5.41, 5.74) is 3.03. The van der Waals surface area contributed by atoms with Gasteiger partial charge in [0.15, 0.2) is 0 Å². The van der Waals surface area contributed by atoms with Crippen LogP contribution in [0.2, 0.25) is 0 Å². The van der Waals surface area contributed by atoms with E-state index in [2.05, 4.69) is 36.3 Å². The molecule has 1 saturated heterocycles. The molecule has 2 heterocycles. The molecule has 0 radical (unpaired) electrons. The summed E-state index contributed by atoms with van der Waals surface area (Å²) in [5.74, 6) is -1.18. The van der Waals surface area contributed by atoms with Crippen LogP contribution in [-0.2, 0) is 17.9 Å². The number of piperazine rings is 1. The van der Waals surface area contributed by atoms with Gasteiger partial charge in [0, 0.05) is 11.1 Å². The lowest BCUT2D eigenvalue weighted by Crippen LogP contribution is -3.13. The van der Waals surface area contributed by atoms with Gasteiger partial charge >= 0.3 is 5.76 Å². The van der Waals surface area contributed by atoms with Gasteiger partial charge in [0.2, 0.25) is 11.8 Å². The molecule has 2 aromatic carbocycles. The molecule has 156 valence electrons. The van der Waals surface area contributed by atoms with Crippen molar-refractivity contribution in [3.05, 3.63) is 76.0 Å². The summed E-state index contributed by atoms with van der Waals surface area (Å²) in [7, 11) is 0. The number of halogens is 1. The highest BCUT2D eigenvalue weighted by Crippen LogP contribution is 2.15. The molecule has 0 spiro atoms. The maximum Gasteiger partial charge on any atom is 0.437 e. The van der Waals surface area contributed by atoms with E-state index in [1.54, 1.807) is 4.90 Å². The number of carbonyl (C=O) groups excluding carboxylic acids is 1. The van der Waals surface area contributed by atoms with Crippen LogP contribution in [0.25, 0.3) is 11.5 Å². The molecule has 1 aliphatic rings. The van der Waals surface area contributed by atoms with Crippen LogP contribution in [0.15, 0.2) is 57.7 Å². The van der Waals surface area contributed by atoms with Crippen molar-refractivity contribution in [3.8, 4) is 11.5 Å². The summed E-state index contributed by atoms with van der Waals surface area (Å²) < 4.78 is 19.2. The van der Waals surface area contributed by atoms with Gasteiger partial charge < -0.3 is 14.2 Å². The van der Waals surface area contributed by atoms with Gasteiger partial charge in [0.1, 0.15) is 18.9 Å². The van der Waals surface area contributed by atoms with Gasteiger partial charge in [0.05, 0.1) is 26.2 Å². The first-order valence-corrected chi connectivity index (χ1v) is 9.99. The highest BCUT2D eigenvalue weighted by atomic mass is 19.1. The van der Waals surface area contributed by atoms with Crippen molar-refractivity contribution in [3.63, 3.8) is 0 Å². The smallest absolute Gasteiger partial charge is 0.388 e. The lowest BCUT2D eigenvalue weighted by molar-refractivity contribution is -0.917. The number of nitrogens with zero attached hydrogens (tertiary/aromatic N) is 3. The van der Waals surface area contributed by atoms with E-state index in [1.807, 2.05) is 0 Å². The third kappa shape index (κ3) is 4.65. The lowest BCUT2D eigenvalue weighted by Gasteiger charge is -2.32. The fraction of sp³-hybridized carbons (Fsp3) is 0.318. The predicted octanol–water partition coefficient (Wildman–Crippen LogP) is 0.878. The molecule has 0 atom stereocenters. The van der Waals surface area contributed by atoms with E-state index in [4.69, 9.17) is 4.42 Å². The van der Waals surface area contributed by atoms with E-state index in [9.17, 15) is 14.0 Å². The number of benzene rings is 2. The molecule has 30 heavy (non-hydrogen) atoms. The standard InChI is InChI=1S/C22H23FN4O3/c1-16-3-2-4-17(13-16)14-25-9-11-26(12-10-25)20(28)15-27-22(29)30-21(24-27)18-5-7-19(23)8-6-18/h2-8,13H,9-12,14-15H2,1H3/p+1. The Morgan fingerprint density at radius 2 is 1.90 bits per heavy atom. The molecule has 3 aromatic rings. The first-order chi connectivity index (χ1) is 14.5. The van der Waals surface area contributed by atoms with Crippen molar-refractivity contribution in [1.82, 2.24) is 14.7 Å². The molecule has 0 bridgehead atoms. The van der Waals surface area contributed by atoms with Gasteiger partial charge in [-0.2, -0.15) is 4.68 Å². The van der Waals surface area contributed by atoms with Crippen molar-refractivity contribution < 1.29 is 18.5 Å². The number of quaternary nitrogens is 1. The van der Waals surface area contributed by atoms with Gasteiger partial charge in [-0.3, -0.25) is 4.79 Å². The van der Waals surface area contributed by atoms with Crippen molar-refractivity contribution in [2.24, 2.45) is 0 Å². The highest BCUT2D eigenvalue weighted by Gasteiger charge is 2.25. The van der Waals surface area contributed by atoms with Crippen LogP contribution in [0, 0.1) is 12.7 Å². The fourth-order valence-corrected chi connectivity index (χ4v) is 3.70. The Morgan fingerprint density at radius 1 is 1.17 bits per heavy atom. The summed E-state index contributed by atoms with van der Waals surface area (Å²) in [6, 6.07) is 14.0. The SMILES string of the molecule is Cc1cccc(C[NH+]2CCN(C(=O)Cn3nc(-c4ccc(F)cc4)oc3=O)CC2)c1. The lowest BCUT2D eigenvalue weighted by atomic mass is 10.1. The van der Waals surface area contributed by atoms with E-state index < -0.39 is 5.76 Å². The van der Waals surface area contributed by atoms with Gasteiger partial charge in [-0.1, -0.05) is 29.8 Å². The first kappa shape index (κ1) is 20.0. The number of hydrogen-bond acceptors (Lipinski definition) is 4. The zero-order valence-corrected chi connectivity index (χ0v) is 16.8. The molecule has 4 rings (SSSR count). The zero-order chi connectivity index (χ0) is 21.1. The summed E-state index contributed by atoms with van der Waals surface area (Å²) in [6.07, 6.45) is 0. The van der Waals surface area contributed by atoms with Crippen LogP contribution in [-0.4, -0.2) is 46.8 Å². The maximum atomic E-state index is 13.1. The second-order valence-corrected chi connectivity index (χ2v) is 7.63. The molecular formula is C22H24FN4O3+. The Morgan fingerprint density at radius 3 is 2.60 bits per heavy atom. The molecule has 0 saturated carbocycles. The Labute approximate surface area is 173 Å². The third-order valence-electron chi connectivity index (χ3n) is 5.34. The fourth-order valence-electron chi connectivity index (χ4n) is 3.70. The first-order valence-electron chi connectivity index (χ1n) is 9.99. The summed E-state index contributed by atoms with van der Waals surface area (Å²) in [6.45, 7) is 5.84. The summed E-state index contributed by atoms with van der Waals surface area (Å²) in [4.78, 5) is 27.9. The van der Waals surface area contributed by atoms with E-state index in [0.717, 1.165) is 24.3 Å². The Hall–Kier alpha value is -3.26. The van der Waals surface area contributed by atoms with Crippen molar-refractivity contribution in [2.75, 3.05) is 26.2 Å². The average molecular weight is 411 g/mol. The van der Waals surface area contributed by atoms with Crippen LogP contribution in [0.5, 0.6) is 0 Å². The van der Waals surface area contributed by atoms with Gasteiger partial charge in [-0.25, -0.2) is 9.18 Å². The number of rotatable bonds is 5. The molecular weight excluding hydrogens is 387 g/mol. The Balaban J connectivity index is 1.34. The van der Waals surface area contributed by atoms with Crippen LogP contribution < -0.4 is 10.7 Å². The van der Waals surface area contributed by atoms with Gasteiger partial charge in [-0.05, 0) is 31.2 Å². The minimum absolute atomic E-state index is 0.0696. The molecule has 1 fully saturated rings. The summed E-state index contributed by atoms with van der Waals surface area (Å²) >= 11 is 0. The molecule has 1 amide bonds. The monoisotopic (exact) mass is 411 g/mol. The third-order valence-corrected chi connectivity index (χ3v) is 5.34. The van der Waals surface area contributed by atoms with E-state index in [1.165, 1.54) is 40.3 Å². The minimum atomic E-state index is -0.702. The van der Waals surface area contributed by atoms with E-state index in [0.29, 0.717) is 18.7 Å². The summed E-state index contributed by atoms with van der Waals surface area (Å²) in [5, 5.41) is 4.09. The quantitative estimate of drug-likeness (QED) is 0.677. The zero-order valence-electron chi connectivity index (χ0n) is 16.8. The largest absolute Gasteiger partial charge is 0.437 e. The van der Waals surface area contributed by atoms with E-state index in [-0.39, 0.29) is 24.2 Å². The number of aryl methyl sites for hydroxylation is 1. The topological polar surface area (TPSA) is 72.8 Å². The van der Waals surface area contributed by atoms with Crippen molar-refractivity contribution in [1.29, 1.82) is 0 Å². The molecule has 7 nitrogen and oxygen atoms in total. The maximum absolute atomic E-state index is 13.1. The molecule has 1 aliphatic heterocycles. The van der Waals surface area contributed by atoms with Crippen LogP contribution in [0.4, 0.5) is 4.39 Å². The van der Waals surface area contributed by atoms with Crippen LogP contribution >= 0.6 is 0 Å². The number of nitrogens with one attached hydrogen (secondary N) is 1. The second kappa shape index (κ2) is 8.62. The molecule has 0 aliphatic carbocycles. The molecule has 1 aromatic heterocycles. The second-order valence-electron chi connectivity index (χ2n) is 7.63. The predicted molar refractivity (Wildman–Crippen MR) is 108 cm³/mol. The molecule has 0 unspecified atom stereocenters. The normalized spacial score (nSPS) is 14.8. The molecule has 8 heteroatoms. The Bertz CT molecular complexity index is 1080. The van der Waals surface area contributed by atoms with Gasteiger partial charge in [-0.15, -0.1) is 5.10 Å². The number of carbonyl (C=O) groups is 1. The average Bonchev–Trinajstić information content (AvgIpc) is 3.09. The highest BCUT2D eigenvalue weighted by molar-refractivity contribution is 5.76.